The lowest BCUT2D eigenvalue weighted by Crippen LogP contribution is -3.05. The van der Waals surface area contributed by atoms with Crippen molar-refractivity contribution in [1.82, 2.24) is 0 Å². The van der Waals surface area contributed by atoms with Crippen molar-refractivity contribution >= 4 is 22.6 Å². The van der Waals surface area contributed by atoms with E-state index < -0.39 is 0 Å². The van der Waals surface area contributed by atoms with Crippen molar-refractivity contribution in [3.63, 3.8) is 0 Å². The van der Waals surface area contributed by atoms with Gasteiger partial charge in [-0.15, -0.1) is 0 Å². The average Bonchev–Trinajstić information content (AvgIpc) is 2.66. The summed E-state index contributed by atoms with van der Waals surface area (Å²) in [6.45, 7) is 4.48. The minimum Gasteiger partial charge on any atom is -0.494 e. The highest BCUT2D eigenvalue weighted by Crippen LogP contribution is 2.25. The van der Waals surface area contributed by atoms with Crippen LogP contribution >= 0.6 is 11.6 Å². The zero-order chi connectivity index (χ0) is 19.2. The van der Waals surface area contributed by atoms with E-state index >= 15 is 0 Å². The maximum absolute atomic E-state index is 6.14. The van der Waals surface area contributed by atoms with Crippen molar-refractivity contribution in [3.8, 4) is 17.1 Å². The van der Waals surface area contributed by atoms with Gasteiger partial charge in [-0.25, -0.2) is 0 Å². The Hall–Kier alpha value is -2.30. The molecular formula is C22H26ClN2O2+. The molecule has 3 aromatic rings. The van der Waals surface area contributed by atoms with Crippen LogP contribution in [0.5, 0.6) is 5.75 Å². The van der Waals surface area contributed by atoms with Crippen LogP contribution in [0.2, 0.25) is 5.02 Å². The predicted octanol–water partition coefficient (Wildman–Crippen LogP) is 3.59. The number of rotatable bonds is 7. The first kappa shape index (κ1) is 19.5. The minimum absolute atomic E-state index is 0.629. The summed E-state index contributed by atoms with van der Waals surface area (Å²) in [6.07, 6.45) is 1.04. The molecule has 4 nitrogen and oxygen atoms in total. The molecule has 0 atom stereocenters. The molecule has 2 aromatic carbocycles. The third-order valence-electron chi connectivity index (χ3n) is 4.27. The van der Waals surface area contributed by atoms with Gasteiger partial charge in [0.15, 0.2) is 0 Å². The number of hydrogen-bond donors (Lipinski definition) is 1. The van der Waals surface area contributed by atoms with E-state index in [1.807, 2.05) is 55.5 Å². The fraction of sp³-hybridized carbons (Fsp3) is 0.318. The Kier molecular flexibility index (Phi) is 6.54. The highest BCUT2D eigenvalue weighted by Gasteiger charge is 2.08. The highest BCUT2D eigenvalue weighted by molar-refractivity contribution is 6.30. The van der Waals surface area contributed by atoms with Crippen LogP contribution in [0.1, 0.15) is 13.3 Å². The summed E-state index contributed by atoms with van der Waals surface area (Å²) >= 11 is 6.02. The van der Waals surface area contributed by atoms with Gasteiger partial charge in [0.1, 0.15) is 17.1 Å². The molecule has 3 rings (SSSR count). The maximum atomic E-state index is 6.14. The largest absolute Gasteiger partial charge is 0.494 e. The summed E-state index contributed by atoms with van der Waals surface area (Å²) in [5.74, 6) is 1.61. The smallest absolute Gasteiger partial charge is 0.137 e. The van der Waals surface area contributed by atoms with E-state index in [0.717, 1.165) is 52.9 Å². The van der Waals surface area contributed by atoms with Gasteiger partial charge in [0, 0.05) is 35.0 Å². The highest BCUT2D eigenvalue weighted by atomic mass is 35.5. The van der Waals surface area contributed by atoms with Crippen LogP contribution in [0, 0.1) is 0 Å². The molecule has 0 aliphatic heterocycles. The summed E-state index contributed by atoms with van der Waals surface area (Å²) in [6, 6.07) is 15.5. The summed E-state index contributed by atoms with van der Waals surface area (Å²) in [5.41, 5.74) is 1.77. The first-order valence-corrected chi connectivity index (χ1v) is 9.71. The van der Waals surface area contributed by atoms with E-state index in [0.29, 0.717) is 11.6 Å². The van der Waals surface area contributed by atoms with Crippen LogP contribution in [-0.2, 0) is 0 Å². The fourth-order valence-corrected chi connectivity index (χ4v) is 3.05. The zero-order valence-electron chi connectivity index (χ0n) is 16.1. The zero-order valence-corrected chi connectivity index (χ0v) is 16.8. The van der Waals surface area contributed by atoms with E-state index in [2.05, 4.69) is 14.1 Å². The van der Waals surface area contributed by atoms with Crippen molar-refractivity contribution in [2.75, 3.05) is 33.8 Å². The monoisotopic (exact) mass is 385 g/mol. The van der Waals surface area contributed by atoms with Crippen molar-refractivity contribution in [1.29, 1.82) is 0 Å². The molecule has 0 aliphatic carbocycles. The molecule has 0 amide bonds. The maximum Gasteiger partial charge on any atom is 0.137 e. The van der Waals surface area contributed by atoms with E-state index in [1.165, 1.54) is 4.90 Å². The Morgan fingerprint density at radius 1 is 1.07 bits per heavy atom. The summed E-state index contributed by atoms with van der Waals surface area (Å²) in [4.78, 5) is 6.29. The van der Waals surface area contributed by atoms with E-state index in [-0.39, 0.29) is 0 Å². The Morgan fingerprint density at radius 2 is 1.85 bits per heavy atom. The van der Waals surface area contributed by atoms with Crippen molar-refractivity contribution in [3.05, 3.63) is 58.9 Å². The Bertz CT molecular complexity index is 962. The Labute approximate surface area is 165 Å². The lowest BCUT2D eigenvalue weighted by Gasteiger charge is -2.08. The minimum atomic E-state index is 0.629. The summed E-state index contributed by atoms with van der Waals surface area (Å²) in [7, 11) is 4.31. The molecule has 1 aromatic heterocycles. The first-order valence-electron chi connectivity index (χ1n) is 9.33. The van der Waals surface area contributed by atoms with Crippen LogP contribution in [0.4, 0.5) is 0 Å². The van der Waals surface area contributed by atoms with Gasteiger partial charge < -0.3 is 14.1 Å². The number of quaternary nitrogens is 1. The average molecular weight is 386 g/mol. The topological polar surface area (TPSA) is 39.2 Å². The molecular weight excluding hydrogens is 360 g/mol. The van der Waals surface area contributed by atoms with Gasteiger partial charge in [-0.1, -0.05) is 11.6 Å². The lowest BCUT2D eigenvalue weighted by atomic mass is 10.1. The molecule has 0 fully saturated rings. The molecule has 0 aliphatic rings. The molecule has 0 spiro atoms. The van der Waals surface area contributed by atoms with Crippen molar-refractivity contribution < 1.29 is 14.1 Å². The predicted molar refractivity (Wildman–Crippen MR) is 111 cm³/mol. The lowest BCUT2D eigenvalue weighted by molar-refractivity contribution is -0.858. The molecule has 142 valence electrons. The van der Waals surface area contributed by atoms with Crippen molar-refractivity contribution in [2.45, 2.75) is 13.3 Å². The van der Waals surface area contributed by atoms with Crippen LogP contribution < -0.4 is 15.0 Å². The normalized spacial score (nSPS) is 12.1. The third kappa shape index (κ3) is 5.12. The van der Waals surface area contributed by atoms with Gasteiger partial charge >= 0.3 is 0 Å². The molecule has 0 bridgehead atoms. The summed E-state index contributed by atoms with van der Waals surface area (Å²) in [5, 5.41) is 2.60. The van der Waals surface area contributed by atoms with Crippen LogP contribution in [0.3, 0.4) is 0 Å². The third-order valence-corrected chi connectivity index (χ3v) is 4.52. The number of hydrogen-bond acceptors (Lipinski definition) is 3. The summed E-state index contributed by atoms with van der Waals surface area (Å²) < 4.78 is 11.8. The molecule has 0 saturated carbocycles. The van der Waals surface area contributed by atoms with Crippen LogP contribution in [0.15, 0.2) is 57.9 Å². The SMILES string of the molecule is CCOc1ccc2oc(-c3ccc(Cl)cc3)cc(=NCCC[NH+](C)C)c2c1. The van der Waals surface area contributed by atoms with E-state index in [9.17, 15) is 0 Å². The van der Waals surface area contributed by atoms with E-state index in [4.69, 9.17) is 25.7 Å². The van der Waals surface area contributed by atoms with Crippen LogP contribution in [0.25, 0.3) is 22.3 Å². The molecule has 1 heterocycles. The number of nitrogens with zero attached hydrogens (tertiary/aromatic N) is 1. The van der Waals surface area contributed by atoms with Gasteiger partial charge in [0.05, 0.1) is 32.6 Å². The number of fused-ring (bicyclic) bond motifs is 1. The standard InChI is InChI=1S/C22H25ClN2O2/c1-4-26-18-10-11-21-19(14-18)20(24-12-5-13-25(2)3)15-22(27-21)16-6-8-17(23)9-7-16/h6-11,14-15H,4-5,12-13H2,1-3H3/p+1. The van der Waals surface area contributed by atoms with Gasteiger partial charge in [-0.2, -0.15) is 0 Å². The molecule has 27 heavy (non-hydrogen) atoms. The number of benzene rings is 2. The second-order valence-electron chi connectivity index (χ2n) is 6.79. The van der Waals surface area contributed by atoms with Crippen molar-refractivity contribution in [2.24, 2.45) is 4.99 Å². The second-order valence-corrected chi connectivity index (χ2v) is 7.22. The molecule has 1 N–H and O–H groups in total. The van der Waals surface area contributed by atoms with E-state index in [1.54, 1.807) is 0 Å². The van der Waals surface area contributed by atoms with Gasteiger partial charge in [-0.05, 0) is 49.4 Å². The Morgan fingerprint density at radius 3 is 2.56 bits per heavy atom. The number of ether oxygens (including phenoxy) is 1. The quantitative estimate of drug-likeness (QED) is 0.631. The van der Waals surface area contributed by atoms with Gasteiger partial charge in [0.25, 0.3) is 0 Å². The van der Waals surface area contributed by atoms with Gasteiger partial charge in [0.2, 0.25) is 0 Å². The molecule has 0 saturated heterocycles. The second kappa shape index (κ2) is 9.07. The van der Waals surface area contributed by atoms with Crippen LogP contribution in [-0.4, -0.2) is 33.8 Å². The molecule has 0 unspecified atom stereocenters. The fourth-order valence-electron chi connectivity index (χ4n) is 2.92. The molecule has 0 radical (unpaired) electrons. The first-order chi connectivity index (χ1) is 13.1. The number of nitrogens with one attached hydrogen (secondary N) is 1. The number of halogens is 1. The molecule has 5 heteroatoms. The Balaban J connectivity index is 2.07. The van der Waals surface area contributed by atoms with Gasteiger partial charge in [-0.3, -0.25) is 4.99 Å².